The van der Waals surface area contributed by atoms with E-state index in [1.54, 1.807) is 6.07 Å². The number of anilines is 1. The SMILES string of the molecule is O=S(=O)(Nc1ccc(Br)cc1F)N1CCC(CO)CC1. The molecule has 20 heavy (non-hydrogen) atoms. The lowest BCUT2D eigenvalue weighted by molar-refractivity contribution is 0.170. The van der Waals surface area contributed by atoms with Crippen molar-refractivity contribution < 1.29 is 17.9 Å². The molecular formula is C12H16BrFN2O3S. The minimum Gasteiger partial charge on any atom is -0.396 e. The van der Waals surface area contributed by atoms with E-state index in [2.05, 4.69) is 20.7 Å². The van der Waals surface area contributed by atoms with Crippen LogP contribution in [0.2, 0.25) is 0 Å². The van der Waals surface area contributed by atoms with Crippen molar-refractivity contribution in [3.8, 4) is 0 Å². The molecular weight excluding hydrogens is 351 g/mol. The highest BCUT2D eigenvalue weighted by Gasteiger charge is 2.28. The van der Waals surface area contributed by atoms with E-state index < -0.39 is 16.0 Å². The molecule has 5 nitrogen and oxygen atoms in total. The fraction of sp³-hybridized carbons (Fsp3) is 0.500. The largest absolute Gasteiger partial charge is 0.396 e. The van der Waals surface area contributed by atoms with Gasteiger partial charge in [0.1, 0.15) is 5.82 Å². The second-order valence-electron chi connectivity index (χ2n) is 4.76. The molecule has 1 aliphatic heterocycles. The number of aliphatic hydroxyl groups excluding tert-OH is 1. The van der Waals surface area contributed by atoms with E-state index in [9.17, 15) is 12.8 Å². The molecule has 0 aromatic heterocycles. The summed E-state index contributed by atoms with van der Waals surface area (Å²) in [5.41, 5.74) is -0.0718. The van der Waals surface area contributed by atoms with Crippen LogP contribution < -0.4 is 4.72 Å². The van der Waals surface area contributed by atoms with Crippen molar-refractivity contribution in [1.82, 2.24) is 4.31 Å². The van der Waals surface area contributed by atoms with Gasteiger partial charge in [0.05, 0.1) is 5.69 Å². The third-order valence-corrected chi connectivity index (χ3v) is 5.36. The van der Waals surface area contributed by atoms with Gasteiger partial charge in [0, 0.05) is 24.2 Å². The topological polar surface area (TPSA) is 69.6 Å². The number of hydrogen-bond acceptors (Lipinski definition) is 3. The molecule has 0 spiro atoms. The fourth-order valence-electron chi connectivity index (χ4n) is 2.11. The van der Waals surface area contributed by atoms with Crippen molar-refractivity contribution in [3.05, 3.63) is 28.5 Å². The molecule has 0 radical (unpaired) electrons. The van der Waals surface area contributed by atoms with Gasteiger partial charge in [-0.25, -0.2) is 4.39 Å². The van der Waals surface area contributed by atoms with E-state index in [0.717, 1.165) is 0 Å². The van der Waals surface area contributed by atoms with Crippen LogP contribution in [0.15, 0.2) is 22.7 Å². The lowest BCUT2D eigenvalue weighted by Gasteiger charge is -2.30. The predicted octanol–water partition coefficient (Wildman–Crippen LogP) is 1.95. The smallest absolute Gasteiger partial charge is 0.301 e. The number of nitrogens with zero attached hydrogens (tertiary/aromatic N) is 1. The van der Waals surface area contributed by atoms with Gasteiger partial charge in [-0.1, -0.05) is 15.9 Å². The van der Waals surface area contributed by atoms with E-state index >= 15 is 0 Å². The number of piperidine rings is 1. The van der Waals surface area contributed by atoms with E-state index in [-0.39, 0.29) is 18.2 Å². The first-order chi connectivity index (χ1) is 9.42. The summed E-state index contributed by atoms with van der Waals surface area (Å²) >= 11 is 3.12. The highest BCUT2D eigenvalue weighted by Crippen LogP contribution is 2.23. The molecule has 2 rings (SSSR count). The maximum atomic E-state index is 13.7. The van der Waals surface area contributed by atoms with Crippen LogP contribution in [0.4, 0.5) is 10.1 Å². The first kappa shape index (κ1) is 15.7. The Labute approximate surface area is 126 Å². The zero-order chi connectivity index (χ0) is 14.8. The van der Waals surface area contributed by atoms with E-state index in [1.807, 2.05) is 0 Å². The molecule has 0 aliphatic carbocycles. The highest BCUT2D eigenvalue weighted by molar-refractivity contribution is 9.10. The molecule has 112 valence electrons. The average Bonchev–Trinajstić information content (AvgIpc) is 2.42. The van der Waals surface area contributed by atoms with E-state index in [1.165, 1.54) is 16.4 Å². The lowest BCUT2D eigenvalue weighted by atomic mass is 10.00. The molecule has 1 heterocycles. The quantitative estimate of drug-likeness (QED) is 0.855. The summed E-state index contributed by atoms with van der Waals surface area (Å²) in [6.45, 7) is 0.736. The second-order valence-corrected chi connectivity index (χ2v) is 7.34. The minimum atomic E-state index is -3.76. The van der Waals surface area contributed by atoms with Crippen LogP contribution in [0.25, 0.3) is 0 Å². The van der Waals surface area contributed by atoms with Crippen LogP contribution in [0.3, 0.4) is 0 Å². The normalized spacial score (nSPS) is 18.1. The van der Waals surface area contributed by atoms with Gasteiger partial charge in [-0.2, -0.15) is 12.7 Å². The Bertz CT molecular complexity index is 574. The number of rotatable bonds is 4. The van der Waals surface area contributed by atoms with Crippen molar-refractivity contribution >= 4 is 31.8 Å². The van der Waals surface area contributed by atoms with Crippen LogP contribution in [0, 0.1) is 11.7 Å². The summed E-state index contributed by atoms with van der Waals surface area (Å²) in [6.07, 6.45) is 1.22. The van der Waals surface area contributed by atoms with Crippen LogP contribution in [0.1, 0.15) is 12.8 Å². The van der Waals surface area contributed by atoms with Crippen molar-refractivity contribution in [2.75, 3.05) is 24.4 Å². The lowest BCUT2D eigenvalue weighted by Crippen LogP contribution is -2.42. The Kier molecular flexibility index (Phi) is 5.00. The molecule has 1 fully saturated rings. The molecule has 1 saturated heterocycles. The average molecular weight is 367 g/mol. The second kappa shape index (κ2) is 6.38. The summed E-state index contributed by atoms with van der Waals surface area (Å²) in [5, 5.41) is 9.04. The number of halogens is 2. The molecule has 0 saturated carbocycles. The molecule has 8 heteroatoms. The van der Waals surface area contributed by atoms with Crippen LogP contribution in [-0.2, 0) is 10.2 Å². The Morgan fingerprint density at radius 3 is 2.60 bits per heavy atom. The van der Waals surface area contributed by atoms with Gasteiger partial charge in [-0.05, 0) is 37.0 Å². The first-order valence-electron chi connectivity index (χ1n) is 6.26. The summed E-state index contributed by atoms with van der Waals surface area (Å²) < 4.78 is 42.1. The van der Waals surface area contributed by atoms with Gasteiger partial charge in [0.2, 0.25) is 0 Å². The van der Waals surface area contributed by atoms with Crippen LogP contribution >= 0.6 is 15.9 Å². The number of benzene rings is 1. The molecule has 0 atom stereocenters. The molecule has 1 aromatic carbocycles. The Hall–Kier alpha value is -0.700. The summed E-state index contributed by atoms with van der Waals surface area (Å²) in [6, 6.07) is 4.15. The Balaban J connectivity index is 2.08. The third kappa shape index (κ3) is 3.69. The third-order valence-electron chi connectivity index (χ3n) is 3.34. The van der Waals surface area contributed by atoms with Gasteiger partial charge >= 0.3 is 10.2 Å². The Morgan fingerprint density at radius 2 is 2.05 bits per heavy atom. The standard InChI is InChI=1S/C12H16BrFN2O3S/c13-10-1-2-12(11(14)7-10)15-20(18,19)16-5-3-9(8-17)4-6-16/h1-2,7,9,15,17H,3-6,8H2. The predicted molar refractivity (Wildman–Crippen MR) is 78.0 cm³/mol. The molecule has 1 aromatic rings. The summed E-state index contributed by atoms with van der Waals surface area (Å²) in [4.78, 5) is 0. The highest BCUT2D eigenvalue weighted by atomic mass is 79.9. The zero-order valence-electron chi connectivity index (χ0n) is 10.7. The van der Waals surface area contributed by atoms with Crippen molar-refractivity contribution in [2.45, 2.75) is 12.8 Å². The molecule has 1 aliphatic rings. The van der Waals surface area contributed by atoms with Crippen LogP contribution in [0.5, 0.6) is 0 Å². The molecule has 0 bridgehead atoms. The van der Waals surface area contributed by atoms with E-state index in [4.69, 9.17) is 5.11 Å². The summed E-state index contributed by atoms with van der Waals surface area (Å²) in [7, 11) is -3.76. The maximum Gasteiger partial charge on any atom is 0.301 e. The Morgan fingerprint density at radius 1 is 1.40 bits per heavy atom. The first-order valence-corrected chi connectivity index (χ1v) is 8.49. The van der Waals surface area contributed by atoms with Gasteiger partial charge in [0.25, 0.3) is 0 Å². The maximum absolute atomic E-state index is 13.7. The number of aliphatic hydroxyl groups is 1. The number of hydrogen-bond donors (Lipinski definition) is 2. The van der Waals surface area contributed by atoms with Gasteiger partial charge in [0.15, 0.2) is 0 Å². The molecule has 0 amide bonds. The van der Waals surface area contributed by atoms with Crippen molar-refractivity contribution in [3.63, 3.8) is 0 Å². The summed E-state index contributed by atoms with van der Waals surface area (Å²) in [5.74, 6) is -0.487. The zero-order valence-corrected chi connectivity index (χ0v) is 13.1. The van der Waals surface area contributed by atoms with Gasteiger partial charge in [-0.15, -0.1) is 0 Å². The van der Waals surface area contributed by atoms with Crippen molar-refractivity contribution in [1.29, 1.82) is 0 Å². The van der Waals surface area contributed by atoms with Crippen molar-refractivity contribution in [2.24, 2.45) is 5.92 Å². The van der Waals surface area contributed by atoms with Gasteiger partial charge in [-0.3, -0.25) is 4.72 Å². The molecule has 0 unspecified atom stereocenters. The number of nitrogens with one attached hydrogen (secondary N) is 1. The van der Waals surface area contributed by atoms with Crippen LogP contribution in [-0.4, -0.2) is 37.5 Å². The molecule has 2 N–H and O–H groups in total. The minimum absolute atomic E-state index is 0.0718. The fourth-order valence-corrected chi connectivity index (χ4v) is 3.71. The van der Waals surface area contributed by atoms with E-state index in [0.29, 0.717) is 30.4 Å². The monoisotopic (exact) mass is 366 g/mol. The van der Waals surface area contributed by atoms with Gasteiger partial charge < -0.3 is 5.11 Å².